The average molecular weight is 397 g/mol. The van der Waals surface area contributed by atoms with Gasteiger partial charge in [0.25, 0.3) is 5.91 Å². The molecule has 1 fully saturated rings. The maximum atomic E-state index is 13.7. The molecule has 1 aromatic carbocycles. The molecule has 2 aromatic rings. The third-order valence-corrected chi connectivity index (χ3v) is 6.07. The third-order valence-electron chi connectivity index (χ3n) is 4.31. The van der Waals surface area contributed by atoms with E-state index in [9.17, 15) is 17.6 Å². The zero-order valence-electron chi connectivity index (χ0n) is 15.2. The second kappa shape index (κ2) is 7.18. The van der Waals surface area contributed by atoms with Crippen LogP contribution in [0.25, 0.3) is 11.3 Å². The standard InChI is InChI=1S/C17H20FN3O5S/c1-21(2)16-14(17(22)19-11-6-7-27(23,24)9-11)15(26-20-16)10-4-5-12(18)13(8-10)25-3/h4-5,8,11H,6-7,9H2,1-3H3,(H,19,22). The zero-order chi connectivity index (χ0) is 19.8. The van der Waals surface area contributed by atoms with Crippen LogP contribution in [0.15, 0.2) is 22.7 Å². The zero-order valence-corrected chi connectivity index (χ0v) is 16.0. The molecule has 1 aliphatic heterocycles. The lowest BCUT2D eigenvalue weighted by Crippen LogP contribution is -2.36. The van der Waals surface area contributed by atoms with Crippen LogP contribution in [-0.4, -0.2) is 58.2 Å². The number of anilines is 1. The molecule has 0 aliphatic carbocycles. The Morgan fingerprint density at radius 2 is 2.15 bits per heavy atom. The molecule has 1 unspecified atom stereocenters. The van der Waals surface area contributed by atoms with Gasteiger partial charge in [0.1, 0.15) is 5.56 Å². The first-order valence-corrected chi connectivity index (χ1v) is 10.1. The molecule has 1 saturated heterocycles. The number of carbonyl (C=O) groups is 1. The quantitative estimate of drug-likeness (QED) is 0.815. The highest BCUT2D eigenvalue weighted by atomic mass is 32.2. The lowest BCUT2D eigenvalue weighted by Gasteiger charge is -2.14. The second-order valence-electron chi connectivity index (χ2n) is 6.53. The molecular formula is C17H20FN3O5S. The summed E-state index contributed by atoms with van der Waals surface area (Å²) in [5.74, 6) is -0.660. The number of aromatic nitrogens is 1. The van der Waals surface area contributed by atoms with Crippen molar-refractivity contribution in [3.8, 4) is 17.1 Å². The highest BCUT2D eigenvalue weighted by Crippen LogP contribution is 2.33. The van der Waals surface area contributed by atoms with Crippen LogP contribution in [-0.2, 0) is 9.84 Å². The Labute approximate surface area is 156 Å². The van der Waals surface area contributed by atoms with Gasteiger partial charge in [0.05, 0.1) is 18.6 Å². The molecule has 2 heterocycles. The number of sulfone groups is 1. The highest BCUT2D eigenvalue weighted by molar-refractivity contribution is 7.91. The van der Waals surface area contributed by atoms with Crippen molar-refractivity contribution >= 4 is 21.6 Å². The number of rotatable bonds is 5. The first kappa shape index (κ1) is 19.2. The van der Waals surface area contributed by atoms with E-state index in [-0.39, 0.29) is 34.4 Å². The highest BCUT2D eigenvalue weighted by Gasteiger charge is 2.32. The molecular weight excluding hydrogens is 377 g/mol. The lowest BCUT2D eigenvalue weighted by atomic mass is 10.1. The molecule has 1 atom stereocenters. The van der Waals surface area contributed by atoms with E-state index < -0.39 is 27.6 Å². The van der Waals surface area contributed by atoms with Gasteiger partial charge in [-0.2, -0.15) is 0 Å². The minimum atomic E-state index is -3.13. The van der Waals surface area contributed by atoms with E-state index in [0.717, 1.165) is 0 Å². The number of ether oxygens (including phenoxy) is 1. The van der Waals surface area contributed by atoms with Gasteiger partial charge in [0.2, 0.25) is 0 Å². The Bertz CT molecular complexity index is 971. The number of amides is 1. The number of hydrogen-bond donors (Lipinski definition) is 1. The fourth-order valence-corrected chi connectivity index (χ4v) is 4.63. The number of benzene rings is 1. The summed E-state index contributed by atoms with van der Waals surface area (Å²) < 4.78 is 47.3. The van der Waals surface area contributed by atoms with Crippen LogP contribution in [0.4, 0.5) is 10.2 Å². The van der Waals surface area contributed by atoms with Crippen LogP contribution in [0.5, 0.6) is 5.75 Å². The van der Waals surface area contributed by atoms with E-state index in [1.807, 2.05) is 0 Å². The molecule has 0 saturated carbocycles. The number of methoxy groups -OCH3 is 1. The summed E-state index contributed by atoms with van der Waals surface area (Å²) in [6.45, 7) is 0. The van der Waals surface area contributed by atoms with E-state index in [4.69, 9.17) is 9.26 Å². The Hall–Kier alpha value is -2.62. The van der Waals surface area contributed by atoms with Crippen molar-refractivity contribution in [3.63, 3.8) is 0 Å². The molecule has 8 nitrogen and oxygen atoms in total. The summed E-state index contributed by atoms with van der Waals surface area (Å²) in [5.41, 5.74) is 0.566. The molecule has 10 heteroatoms. The van der Waals surface area contributed by atoms with Gasteiger partial charge in [-0.3, -0.25) is 4.79 Å². The SMILES string of the molecule is COc1cc(-c2onc(N(C)C)c2C(=O)NC2CCS(=O)(=O)C2)ccc1F. The minimum Gasteiger partial charge on any atom is -0.494 e. The molecule has 1 aliphatic rings. The molecule has 3 rings (SSSR count). The number of nitrogens with one attached hydrogen (secondary N) is 1. The molecule has 0 spiro atoms. The van der Waals surface area contributed by atoms with Gasteiger partial charge in [-0.05, 0) is 24.6 Å². The van der Waals surface area contributed by atoms with Gasteiger partial charge >= 0.3 is 0 Å². The average Bonchev–Trinajstić information content (AvgIpc) is 3.18. The first-order valence-electron chi connectivity index (χ1n) is 8.24. The van der Waals surface area contributed by atoms with Crippen LogP contribution < -0.4 is 15.0 Å². The van der Waals surface area contributed by atoms with Crippen LogP contribution in [0.3, 0.4) is 0 Å². The van der Waals surface area contributed by atoms with E-state index in [2.05, 4.69) is 10.5 Å². The summed E-state index contributed by atoms with van der Waals surface area (Å²) in [5, 5.41) is 6.66. The van der Waals surface area contributed by atoms with E-state index in [0.29, 0.717) is 12.0 Å². The molecule has 1 N–H and O–H groups in total. The normalized spacial score (nSPS) is 18.3. The molecule has 0 radical (unpaired) electrons. The van der Waals surface area contributed by atoms with Gasteiger partial charge < -0.3 is 19.5 Å². The van der Waals surface area contributed by atoms with Crippen molar-refractivity contribution in [1.82, 2.24) is 10.5 Å². The maximum Gasteiger partial charge on any atom is 0.259 e. The molecule has 0 bridgehead atoms. The lowest BCUT2D eigenvalue weighted by molar-refractivity contribution is 0.0942. The first-order chi connectivity index (χ1) is 12.7. The van der Waals surface area contributed by atoms with Gasteiger partial charge in [0.15, 0.2) is 33.0 Å². The van der Waals surface area contributed by atoms with Gasteiger partial charge in [-0.15, -0.1) is 0 Å². The summed E-state index contributed by atoms with van der Waals surface area (Å²) in [6, 6.07) is 3.60. The molecule has 146 valence electrons. The Morgan fingerprint density at radius 3 is 2.74 bits per heavy atom. The minimum absolute atomic E-state index is 0.00328. The van der Waals surface area contributed by atoms with Gasteiger partial charge in [-0.1, -0.05) is 5.16 Å². The number of halogens is 1. The topological polar surface area (TPSA) is 102 Å². The van der Waals surface area contributed by atoms with Gasteiger partial charge in [0, 0.05) is 25.7 Å². The van der Waals surface area contributed by atoms with Crippen molar-refractivity contribution in [2.45, 2.75) is 12.5 Å². The number of nitrogens with zero attached hydrogens (tertiary/aromatic N) is 2. The molecule has 27 heavy (non-hydrogen) atoms. The van der Waals surface area contributed by atoms with Gasteiger partial charge in [-0.25, -0.2) is 12.8 Å². The largest absolute Gasteiger partial charge is 0.494 e. The van der Waals surface area contributed by atoms with Crippen LogP contribution in [0.1, 0.15) is 16.8 Å². The fraction of sp³-hybridized carbons (Fsp3) is 0.412. The van der Waals surface area contributed by atoms with Crippen molar-refractivity contribution in [1.29, 1.82) is 0 Å². The summed E-state index contributed by atoms with van der Waals surface area (Å²) >= 11 is 0. The number of carbonyl (C=O) groups excluding carboxylic acids is 1. The molecule has 1 amide bonds. The Kier molecular flexibility index (Phi) is 5.09. The van der Waals surface area contributed by atoms with Crippen LogP contribution >= 0.6 is 0 Å². The predicted molar refractivity (Wildman–Crippen MR) is 97.3 cm³/mol. The van der Waals surface area contributed by atoms with E-state index in [1.165, 1.54) is 25.3 Å². The predicted octanol–water partition coefficient (Wildman–Crippen LogP) is 1.47. The summed E-state index contributed by atoms with van der Waals surface area (Å²) in [4.78, 5) is 14.5. The Morgan fingerprint density at radius 1 is 1.41 bits per heavy atom. The summed E-state index contributed by atoms with van der Waals surface area (Å²) in [6.07, 6.45) is 0.357. The van der Waals surface area contributed by atoms with Crippen molar-refractivity contribution in [3.05, 3.63) is 29.6 Å². The van der Waals surface area contributed by atoms with Crippen molar-refractivity contribution in [2.24, 2.45) is 0 Å². The smallest absolute Gasteiger partial charge is 0.259 e. The maximum absolute atomic E-state index is 13.7. The van der Waals surface area contributed by atoms with Crippen LogP contribution in [0.2, 0.25) is 0 Å². The molecule has 1 aromatic heterocycles. The van der Waals surface area contributed by atoms with Crippen LogP contribution in [0, 0.1) is 5.82 Å². The summed E-state index contributed by atoms with van der Waals surface area (Å²) in [7, 11) is 1.60. The van der Waals surface area contributed by atoms with Crippen molar-refractivity contribution in [2.75, 3.05) is 37.6 Å². The second-order valence-corrected chi connectivity index (χ2v) is 8.76. The third kappa shape index (κ3) is 3.90. The van der Waals surface area contributed by atoms with E-state index >= 15 is 0 Å². The van der Waals surface area contributed by atoms with E-state index in [1.54, 1.807) is 19.0 Å². The monoisotopic (exact) mass is 397 g/mol. The Balaban J connectivity index is 1.98. The fourth-order valence-electron chi connectivity index (χ4n) is 2.96. The van der Waals surface area contributed by atoms with Crippen molar-refractivity contribution < 1.29 is 26.9 Å². The number of hydrogen-bond acceptors (Lipinski definition) is 7.